The van der Waals surface area contributed by atoms with Gasteiger partial charge in [-0.3, -0.25) is 4.79 Å². The zero-order chi connectivity index (χ0) is 14.7. The fourth-order valence-corrected chi connectivity index (χ4v) is 2.97. The number of hydrogen-bond acceptors (Lipinski definition) is 4. The highest BCUT2D eigenvalue weighted by molar-refractivity contribution is 5.83. The minimum Gasteiger partial charge on any atom is -0.477 e. The second-order valence-corrected chi connectivity index (χ2v) is 5.58. The maximum Gasteiger partial charge on any atom is 0.262 e. The van der Waals surface area contributed by atoms with Gasteiger partial charge in [-0.15, -0.1) is 0 Å². The van der Waals surface area contributed by atoms with Crippen LogP contribution in [0.25, 0.3) is 0 Å². The van der Waals surface area contributed by atoms with E-state index in [1.165, 1.54) is 6.42 Å². The maximum absolute atomic E-state index is 11.9. The molecule has 21 heavy (non-hydrogen) atoms. The number of amides is 1. The predicted octanol–water partition coefficient (Wildman–Crippen LogP) is 1.57. The smallest absolute Gasteiger partial charge is 0.262 e. The number of fused-ring (bicyclic) bond motifs is 1. The van der Waals surface area contributed by atoms with Crippen LogP contribution in [-0.4, -0.2) is 44.9 Å². The molecule has 1 aromatic carbocycles. The average Bonchev–Trinajstić information content (AvgIpc) is 2.55. The Balaban J connectivity index is 1.78. The van der Waals surface area contributed by atoms with Crippen molar-refractivity contribution in [2.24, 2.45) is 0 Å². The summed E-state index contributed by atoms with van der Waals surface area (Å²) in [5.41, 5.74) is 1.05. The van der Waals surface area contributed by atoms with Gasteiger partial charge in [0.2, 0.25) is 0 Å². The number of para-hydroxylation sites is 2. The van der Waals surface area contributed by atoms with Crippen molar-refractivity contribution < 1.29 is 14.3 Å². The molecule has 2 heterocycles. The van der Waals surface area contributed by atoms with E-state index in [0.29, 0.717) is 6.54 Å². The molecule has 0 unspecified atom stereocenters. The molecule has 2 aliphatic rings. The van der Waals surface area contributed by atoms with Gasteiger partial charge in [0.1, 0.15) is 5.75 Å². The highest BCUT2D eigenvalue weighted by Gasteiger charge is 2.31. The number of carbonyl (C=O) groups excluding carboxylic acids is 1. The van der Waals surface area contributed by atoms with E-state index in [2.05, 4.69) is 10.2 Å². The standard InChI is InChI=1S/C16H22N2O3/c1-17-16(19)15-11-18(10-12-6-4-5-9-20-12)13-7-2-3-8-14(13)21-15/h2-3,7-8,12,15H,4-6,9-11H2,1H3,(H,17,19)/t12-,15-/m0/s1. The Morgan fingerprint density at radius 2 is 2.24 bits per heavy atom. The fraction of sp³-hybridized carbons (Fsp3) is 0.562. The normalized spacial score (nSPS) is 24.9. The summed E-state index contributed by atoms with van der Waals surface area (Å²) in [6.45, 7) is 2.22. The lowest BCUT2D eigenvalue weighted by Crippen LogP contribution is -2.50. The molecule has 2 atom stereocenters. The summed E-state index contributed by atoms with van der Waals surface area (Å²) >= 11 is 0. The van der Waals surface area contributed by atoms with Gasteiger partial charge in [-0.05, 0) is 31.4 Å². The summed E-state index contributed by atoms with van der Waals surface area (Å²) in [5.74, 6) is 0.687. The molecular formula is C16H22N2O3. The molecule has 0 radical (unpaired) electrons. The summed E-state index contributed by atoms with van der Waals surface area (Å²) in [6, 6.07) is 7.88. The molecule has 1 saturated heterocycles. The van der Waals surface area contributed by atoms with Gasteiger partial charge in [0, 0.05) is 20.2 Å². The second kappa shape index (κ2) is 6.35. The van der Waals surface area contributed by atoms with E-state index < -0.39 is 6.10 Å². The number of nitrogens with one attached hydrogen (secondary N) is 1. The molecule has 1 N–H and O–H groups in total. The number of carbonyl (C=O) groups is 1. The van der Waals surface area contributed by atoms with Crippen molar-refractivity contribution in [3.8, 4) is 5.75 Å². The van der Waals surface area contributed by atoms with Crippen LogP contribution in [0, 0.1) is 0 Å². The predicted molar refractivity (Wildman–Crippen MR) is 80.7 cm³/mol. The number of ether oxygens (including phenoxy) is 2. The Bertz CT molecular complexity index is 500. The van der Waals surface area contributed by atoms with Crippen LogP contribution in [0.15, 0.2) is 24.3 Å². The molecule has 1 fully saturated rings. The van der Waals surface area contributed by atoms with Gasteiger partial charge < -0.3 is 19.7 Å². The Morgan fingerprint density at radius 3 is 3.00 bits per heavy atom. The van der Waals surface area contributed by atoms with Crippen LogP contribution in [0.1, 0.15) is 19.3 Å². The third-order valence-corrected chi connectivity index (χ3v) is 4.10. The first-order valence-corrected chi connectivity index (χ1v) is 7.62. The largest absolute Gasteiger partial charge is 0.477 e. The van der Waals surface area contributed by atoms with Crippen molar-refractivity contribution in [3.05, 3.63) is 24.3 Å². The van der Waals surface area contributed by atoms with Crippen molar-refractivity contribution in [2.45, 2.75) is 31.5 Å². The molecular weight excluding hydrogens is 268 g/mol. The Morgan fingerprint density at radius 1 is 1.38 bits per heavy atom. The second-order valence-electron chi connectivity index (χ2n) is 5.58. The molecule has 3 rings (SSSR count). The highest BCUT2D eigenvalue weighted by atomic mass is 16.5. The van der Waals surface area contributed by atoms with E-state index >= 15 is 0 Å². The molecule has 0 aromatic heterocycles. The van der Waals surface area contributed by atoms with E-state index in [1.54, 1.807) is 7.05 Å². The first-order valence-electron chi connectivity index (χ1n) is 7.62. The minimum absolute atomic E-state index is 0.0842. The lowest BCUT2D eigenvalue weighted by molar-refractivity contribution is -0.127. The third-order valence-electron chi connectivity index (χ3n) is 4.10. The minimum atomic E-state index is -0.464. The number of rotatable bonds is 3. The molecule has 0 saturated carbocycles. The molecule has 0 bridgehead atoms. The number of benzene rings is 1. The van der Waals surface area contributed by atoms with Gasteiger partial charge in [-0.1, -0.05) is 12.1 Å². The van der Waals surface area contributed by atoms with Crippen LogP contribution >= 0.6 is 0 Å². The summed E-state index contributed by atoms with van der Waals surface area (Å²) in [4.78, 5) is 14.1. The van der Waals surface area contributed by atoms with Crippen molar-refractivity contribution >= 4 is 11.6 Å². The van der Waals surface area contributed by atoms with E-state index in [4.69, 9.17) is 9.47 Å². The lowest BCUT2D eigenvalue weighted by atomic mass is 10.1. The van der Waals surface area contributed by atoms with Gasteiger partial charge in [0.15, 0.2) is 6.10 Å². The average molecular weight is 290 g/mol. The van der Waals surface area contributed by atoms with Gasteiger partial charge >= 0.3 is 0 Å². The number of anilines is 1. The monoisotopic (exact) mass is 290 g/mol. The Hall–Kier alpha value is -1.75. The topological polar surface area (TPSA) is 50.8 Å². The van der Waals surface area contributed by atoms with Gasteiger partial charge in [-0.25, -0.2) is 0 Å². The van der Waals surface area contributed by atoms with Gasteiger partial charge in [0.05, 0.1) is 18.3 Å². The molecule has 2 aliphatic heterocycles. The quantitative estimate of drug-likeness (QED) is 0.918. The summed E-state index contributed by atoms with van der Waals surface area (Å²) in [7, 11) is 1.64. The van der Waals surface area contributed by atoms with E-state index in [1.807, 2.05) is 24.3 Å². The van der Waals surface area contributed by atoms with Crippen LogP contribution in [-0.2, 0) is 9.53 Å². The first kappa shape index (κ1) is 14.2. The van der Waals surface area contributed by atoms with Gasteiger partial charge in [-0.2, -0.15) is 0 Å². The Kier molecular flexibility index (Phi) is 4.29. The number of hydrogen-bond donors (Lipinski definition) is 1. The van der Waals surface area contributed by atoms with Crippen LogP contribution in [0.5, 0.6) is 5.75 Å². The first-order chi connectivity index (χ1) is 10.3. The van der Waals surface area contributed by atoms with Gasteiger partial charge in [0.25, 0.3) is 5.91 Å². The van der Waals surface area contributed by atoms with E-state index in [-0.39, 0.29) is 12.0 Å². The van der Waals surface area contributed by atoms with E-state index in [0.717, 1.165) is 37.4 Å². The molecule has 0 spiro atoms. The summed E-state index contributed by atoms with van der Waals surface area (Å²) < 4.78 is 11.6. The number of likely N-dealkylation sites (N-methyl/N-ethyl adjacent to an activating group) is 1. The molecule has 0 aliphatic carbocycles. The van der Waals surface area contributed by atoms with E-state index in [9.17, 15) is 4.79 Å². The third kappa shape index (κ3) is 3.13. The molecule has 1 aromatic rings. The zero-order valence-corrected chi connectivity index (χ0v) is 12.4. The highest BCUT2D eigenvalue weighted by Crippen LogP contribution is 2.33. The molecule has 5 heteroatoms. The van der Waals surface area contributed by atoms with Crippen LogP contribution in [0.3, 0.4) is 0 Å². The lowest BCUT2D eigenvalue weighted by Gasteiger charge is -2.38. The SMILES string of the molecule is CNC(=O)[C@@H]1CN(C[C@@H]2CCCCO2)c2ccccc2O1. The van der Waals surface area contributed by atoms with Crippen LogP contribution in [0.4, 0.5) is 5.69 Å². The van der Waals surface area contributed by atoms with Crippen LogP contribution < -0.4 is 15.0 Å². The summed E-state index contributed by atoms with van der Waals surface area (Å²) in [5, 5.41) is 2.67. The fourth-order valence-electron chi connectivity index (χ4n) is 2.97. The molecule has 114 valence electrons. The molecule has 1 amide bonds. The molecule has 5 nitrogen and oxygen atoms in total. The Labute approximate surface area is 125 Å². The maximum atomic E-state index is 11.9. The zero-order valence-electron chi connectivity index (χ0n) is 12.4. The summed E-state index contributed by atoms with van der Waals surface area (Å²) in [6.07, 6.45) is 3.24. The van der Waals surface area contributed by atoms with Crippen molar-refractivity contribution in [1.29, 1.82) is 0 Å². The van der Waals surface area contributed by atoms with Crippen LogP contribution in [0.2, 0.25) is 0 Å². The number of nitrogens with zero attached hydrogens (tertiary/aromatic N) is 1. The van der Waals surface area contributed by atoms with Crippen molar-refractivity contribution in [3.63, 3.8) is 0 Å². The van der Waals surface area contributed by atoms with Crippen molar-refractivity contribution in [1.82, 2.24) is 5.32 Å². The van der Waals surface area contributed by atoms with Crippen molar-refractivity contribution in [2.75, 3.05) is 31.6 Å².